The second kappa shape index (κ2) is 9.25. The van der Waals surface area contributed by atoms with Crippen LogP contribution in [0.2, 0.25) is 0 Å². The van der Waals surface area contributed by atoms with Gasteiger partial charge in [0.1, 0.15) is 0 Å². The molecule has 0 radical (unpaired) electrons. The number of rotatable bonds is 8. The fourth-order valence-electron chi connectivity index (χ4n) is 2.60. The highest BCUT2D eigenvalue weighted by atomic mass is 16.5. The van der Waals surface area contributed by atoms with Gasteiger partial charge in [-0.2, -0.15) is 0 Å². The second-order valence-electron chi connectivity index (χ2n) is 5.56. The predicted molar refractivity (Wildman–Crippen MR) is 88.2 cm³/mol. The fraction of sp³-hybridized carbons (Fsp3) is 0.588. The minimum Gasteiger partial charge on any atom is -0.493 e. The van der Waals surface area contributed by atoms with Gasteiger partial charge < -0.3 is 24.8 Å². The summed E-state index contributed by atoms with van der Waals surface area (Å²) in [5.74, 6) is 1.45. The lowest BCUT2D eigenvalue weighted by Gasteiger charge is -2.12. The van der Waals surface area contributed by atoms with Gasteiger partial charge in [-0.3, -0.25) is 0 Å². The zero-order chi connectivity index (χ0) is 16.5. The van der Waals surface area contributed by atoms with Crippen LogP contribution < -0.4 is 20.1 Å². The van der Waals surface area contributed by atoms with Gasteiger partial charge in [0.2, 0.25) is 0 Å². The molecule has 1 aliphatic rings. The highest BCUT2D eigenvalue weighted by molar-refractivity contribution is 5.73. The highest BCUT2D eigenvalue weighted by Crippen LogP contribution is 2.27. The largest absolute Gasteiger partial charge is 0.493 e. The summed E-state index contributed by atoms with van der Waals surface area (Å²) >= 11 is 0. The summed E-state index contributed by atoms with van der Waals surface area (Å²) in [4.78, 5) is 11.7. The van der Waals surface area contributed by atoms with Crippen molar-refractivity contribution in [2.45, 2.75) is 31.8 Å². The normalized spacial score (nSPS) is 16.9. The van der Waals surface area contributed by atoms with Crippen molar-refractivity contribution in [3.8, 4) is 11.5 Å². The van der Waals surface area contributed by atoms with Crippen LogP contribution in [0, 0.1) is 0 Å². The summed E-state index contributed by atoms with van der Waals surface area (Å²) in [7, 11) is 3.25. The maximum atomic E-state index is 11.7. The van der Waals surface area contributed by atoms with E-state index in [-0.39, 0.29) is 12.1 Å². The average molecular weight is 322 g/mol. The van der Waals surface area contributed by atoms with Gasteiger partial charge in [-0.1, -0.05) is 6.07 Å². The quantitative estimate of drug-likeness (QED) is 0.719. The molecule has 1 atom stereocenters. The number of amides is 2. The summed E-state index contributed by atoms with van der Waals surface area (Å²) in [6.07, 6.45) is 4.01. The Morgan fingerprint density at radius 3 is 2.78 bits per heavy atom. The van der Waals surface area contributed by atoms with Crippen LogP contribution in [0.15, 0.2) is 18.2 Å². The van der Waals surface area contributed by atoms with Crippen molar-refractivity contribution in [3.05, 3.63) is 23.8 Å². The summed E-state index contributed by atoms with van der Waals surface area (Å²) in [6, 6.07) is 5.75. The predicted octanol–water partition coefficient (Wildman–Crippen LogP) is 2.11. The van der Waals surface area contributed by atoms with Crippen LogP contribution in [0.3, 0.4) is 0 Å². The maximum Gasteiger partial charge on any atom is 0.314 e. The molecule has 0 aromatic heterocycles. The van der Waals surface area contributed by atoms with Crippen LogP contribution >= 0.6 is 0 Å². The Kier molecular flexibility index (Phi) is 7.00. The Labute approximate surface area is 137 Å². The lowest BCUT2D eigenvalue weighted by atomic mass is 10.1. The first-order valence-electron chi connectivity index (χ1n) is 8.07. The van der Waals surface area contributed by atoms with Gasteiger partial charge in [0.25, 0.3) is 0 Å². The van der Waals surface area contributed by atoms with E-state index in [4.69, 9.17) is 14.2 Å². The molecule has 1 aromatic rings. The Bertz CT molecular complexity index is 501. The zero-order valence-corrected chi connectivity index (χ0v) is 13.9. The van der Waals surface area contributed by atoms with Gasteiger partial charge in [-0.05, 0) is 43.4 Å². The SMILES string of the molecule is COc1ccc(CCCNC(=O)NCC2CCCO2)cc1OC. The molecule has 6 heteroatoms. The van der Waals surface area contributed by atoms with Crippen molar-refractivity contribution in [1.82, 2.24) is 10.6 Å². The van der Waals surface area contributed by atoms with Gasteiger partial charge >= 0.3 is 6.03 Å². The molecule has 1 fully saturated rings. The molecule has 0 bridgehead atoms. The van der Waals surface area contributed by atoms with Crippen LogP contribution in [0.4, 0.5) is 4.79 Å². The van der Waals surface area contributed by atoms with E-state index in [1.54, 1.807) is 14.2 Å². The molecule has 0 saturated carbocycles. The minimum absolute atomic E-state index is 0.132. The van der Waals surface area contributed by atoms with Crippen LogP contribution in [-0.4, -0.2) is 46.1 Å². The molecular formula is C17H26N2O4. The van der Waals surface area contributed by atoms with Crippen molar-refractivity contribution in [3.63, 3.8) is 0 Å². The monoisotopic (exact) mass is 322 g/mol. The topological polar surface area (TPSA) is 68.8 Å². The number of carbonyl (C=O) groups is 1. The zero-order valence-electron chi connectivity index (χ0n) is 13.9. The number of hydrogen-bond donors (Lipinski definition) is 2. The number of urea groups is 1. The van der Waals surface area contributed by atoms with E-state index in [1.165, 1.54) is 0 Å². The van der Waals surface area contributed by atoms with Gasteiger partial charge in [0.15, 0.2) is 11.5 Å². The van der Waals surface area contributed by atoms with E-state index < -0.39 is 0 Å². The molecule has 1 aromatic carbocycles. The summed E-state index contributed by atoms with van der Waals surface area (Å²) in [5, 5.41) is 5.71. The molecule has 0 spiro atoms. The van der Waals surface area contributed by atoms with E-state index >= 15 is 0 Å². The molecule has 6 nitrogen and oxygen atoms in total. The molecule has 1 heterocycles. The van der Waals surface area contributed by atoms with Crippen molar-refractivity contribution in [2.75, 3.05) is 33.9 Å². The number of carbonyl (C=O) groups excluding carboxylic acids is 1. The van der Waals surface area contributed by atoms with Crippen LogP contribution in [0.25, 0.3) is 0 Å². The molecule has 2 amide bonds. The van der Waals surface area contributed by atoms with Gasteiger partial charge in [0, 0.05) is 19.7 Å². The number of hydrogen-bond acceptors (Lipinski definition) is 4. The van der Waals surface area contributed by atoms with Crippen molar-refractivity contribution in [2.24, 2.45) is 0 Å². The summed E-state index contributed by atoms with van der Waals surface area (Å²) in [6.45, 7) is 2.02. The van der Waals surface area contributed by atoms with E-state index in [0.717, 1.165) is 49.4 Å². The molecule has 23 heavy (non-hydrogen) atoms. The number of methoxy groups -OCH3 is 2. The van der Waals surface area contributed by atoms with E-state index in [9.17, 15) is 4.79 Å². The van der Waals surface area contributed by atoms with Crippen LogP contribution in [0.1, 0.15) is 24.8 Å². The number of ether oxygens (including phenoxy) is 3. The number of aryl methyl sites for hydroxylation is 1. The third-order valence-electron chi connectivity index (χ3n) is 3.89. The number of benzene rings is 1. The minimum atomic E-state index is -0.132. The third-order valence-corrected chi connectivity index (χ3v) is 3.89. The first-order chi connectivity index (χ1) is 11.2. The Morgan fingerprint density at radius 1 is 1.26 bits per heavy atom. The Morgan fingerprint density at radius 2 is 2.09 bits per heavy atom. The third kappa shape index (κ3) is 5.63. The van der Waals surface area contributed by atoms with Gasteiger partial charge in [-0.15, -0.1) is 0 Å². The van der Waals surface area contributed by atoms with Crippen molar-refractivity contribution < 1.29 is 19.0 Å². The highest BCUT2D eigenvalue weighted by Gasteiger charge is 2.15. The Hall–Kier alpha value is -1.95. The Balaban J connectivity index is 1.63. The maximum absolute atomic E-state index is 11.7. The average Bonchev–Trinajstić information content (AvgIpc) is 3.10. The first-order valence-corrected chi connectivity index (χ1v) is 8.07. The molecule has 1 unspecified atom stereocenters. The second-order valence-corrected chi connectivity index (χ2v) is 5.56. The summed E-state index contributed by atoms with van der Waals surface area (Å²) < 4.78 is 16.0. The van der Waals surface area contributed by atoms with E-state index in [1.807, 2.05) is 18.2 Å². The standard InChI is InChI=1S/C17H26N2O4/c1-21-15-8-7-13(11-16(15)22-2)5-3-9-18-17(20)19-12-14-6-4-10-23-14/h7-8,11,14H,3-6,9-10,12H2,1-2H3,(H2,18,19,20). The van der Waals surface area contributed by atoms with Crippen LogP contribution in [-0.2, 0) is 11.2 Å². The fourth-order valence-corrected chi connectivity index (χ4v) is 2.60. The molecule has 0 aliphatic carbocycles. The van der Waals surface area contributed by atoms with Gasteiger partial charge in [0.05, 0.1) is 20.3 Å². The summed E-state index contributed by atoms with van der Waals surface area (Å²) in [5.41, 5.74) is 1.16. The molecule has 1 saturated heterocycles. The smallest absolute Gasteiger partial charge is 0.314 e. The first kappa shape index (κ1) is 17.4. The molecule has 128 valence electrons. The van der Waals surface area contributed by atoms with Gasteiger partial charge in [-0.25, -0.2) is 4.79 Å². The lowest BCUT2D eigenvalue weighted by Crippen LogP contribution is -2.40. The van der Waals surface area contributed by atoms with E-state index in [0.29, 0.717) is 13.1 Å². The lowest BCUT2D eigenvalue weighted by molar-refractivity contribution is 0.111. The number of nitrogens with one attached hydrogen (secondary N) is 2. The molecular weight excluding hydrogens is 296 g/mol. The van der Waals surface area contributed by atoms with E-state index in [2.05, 4.69) is 10.6 Å². The van der Waals surface area contributed by atoms with Crippen molar-refractivity contribution >= 4 is 6.03 Å². The molecule has 1 aliphatic heterocycles. The molecule has 2 rings (SSSR count). The molecule has 2 N–H and O–H groups in total. The van der Waals surface area contributed by atoms with Crippen molar-refractivity contribution in [1.29, 1.82) is 0 Å². The van der Waals surface area contributed by atoms with Crippen LogP contribution in [0.5, 0.6) is 11.5 Å².